The number of pyridine rings is 1. The molecule has 0 saturated heterocycles. The van der Waals surface area contributed by atoms with Gasteiger partial charge in [-0.15, -0.1) is 0 Å². The van der Waals surface area contributed by atoms with Crippen LogP contribution in [0.2, 0.25) is 0 Å². The van der Waals surface area contributed by atoms with Crippen molar-refractivity contribution in [2.45, 2.75) is 76.9 Å². The van der Waals surface area contributed by atoms with Crippen molar-refractivity contribution in [3.63, 3.8) is 0 Å². The largest absolute Gasteiger partial charge is 0.505 e. The molecule has 3 aliphatic heterocycles. The number of aromatic amines is 2. The number of para-hydroxylation sites is 3. The van der Waals surface area contributed by atoms with Crippen molar-refractivity contribution in [1.82, 2.24) is 40.8 Å². The van der Waals surface area contributed by atoms with Gasteiger partial charge in [0.2, 0.25) is 0 Å². The van der Waals surface area contributed by atoms with E-state index in [1.54, 1.807) is 39.7 Å². The molecule has 3 atom stereocenters. The molecule has 6 aromatic heterocycles. The predicted octanol–water partition coefficient (Wildman–Crippen LogP) is 15.6. The summed E-state index contributed by atoms with van der Waals surface area (Å²) < 4.78 is 32.2. The van der Waals surface area contributed by atoms with E-state index in [0.29, 0.717) is 28.8 Å². The molecule has 0 spiro atoms. The fourth-order valence-corrected chi connectivity index (χ4v) is 13.0. The summed E-state index contributed by atoms with van der Waals surface area (Å²) in [6.07, 6.45) is 7.22. The van der Waals surface area contributed by atoms with Crippen molar-refractivity contribution in [2.75, 3.05) is 42.6 Å². The number of nitrogens with one attached hydrogen (secondary N) is 2. The SMILES string of the molecule is C=C1C(O)=C(C(=O)C(C)C)C(c2ccccc2OC)N1c1ccc(-c2ccon2)cc1.C=C1c2n[nH]c(C(C)(C)CO)c2C(c2ccccc2OC)N1c1ccc(-c2ccon2)cn1.C=C1c2n[nH]c(C3CC3)c2C(c2ccccc2OC)N1c1ccc(-c2cc(C)on2)cc1. The number of fused-ring (bicyclic) bond motifs is 2. The van der Waals surface area contributed by atoms with Gasteiger partial charge >= 0.3 is 0 Å². The van der Waals surface area contributed by atoms with Crippen LogP contribution in [0.4, 0.5) is 17.2 Å². The lowest BCUT2D eigenvalue weighted by molar-refractivity contribution is -0.118. The van der Waals surface area contributed by atoms with E-state index in [0.717, 1.165) is 113 Å². The molecular weight excluding hydrogens is 1210 g/mol. The smallest absolute Gasteiger partial charge is 0.167 e. The summed E-state index contributed by atoms with van der Waals surface area (Å²) in [5.41, 5.74) is 17.5. The van der Waals surface area contributed by atoms with Crippen molar-refractivity contribution < 1.29 is 42.8 Å². The topological polar surface area (TPSA) is 243 Å². The van der Waals surface area contributed by atoms with Gasteiger partial charge in [-0.25, -0.2) is 4.98 Å². The van der Waals surface area contributed by atoms with Gasteiger partial charge in [0.15, 0.2) is 5.78 Å². The van der Waals surface area contributed by atoms with Crippen LogP contribution in [0.5, 0.6) is 17.2 Å². The van der Waals surface area contributed by atoms with Crippen molar-refractivity contribution in [3.05, 3.63) is 264 Å². The van der Waals surface area contributed by atoms with Gasteiger partial charge in [0.25, 0.3) is 0 Å². The van der Waals surface area contributed by atoms with Gasteiger partial charge in [0.1, 0.15) is 75.6 Å². The first-order valence-electron chi connectivity index (χ1n) is 31.6. The third-order valence-corrected chi connectivity index (χ3v) is 18.0. The van der Waals surface area contributed by atoms with E-state index in [1.807, 2.05) is 143 Å². The molecule has 20 heteroatoms. The summed E-state index contributed by atoms with van der Waals surface area (Å²) in [5.74, 6) is 3.81. The van der Waals surface area contributed by atoms with E-state index >= 15 is 0 Å². The average molecular weight is 1280 g/mol. The van der Waals surface area contributed by atoms with Crippen molar-refractivity contribution in [2.24, 2.45) is 5.92 Å². The molecule has 0 radical (unpaired) electrons. The Hall–Kier alpha value is -11.5. The van der Waals surface area contributed by atoms with Gasteiger partial charge in [-0.05, 0) is 74.4 Å². The normalized spacial score (nSPS) is 16.5. The first kappa shape index (κ1) is 63.3. The van der Waals surface area contributed by atoms with E-state index in [1.165, 1.54) is 36.6 Å². The predicted molar refractivity (Wildman–Crippen MR) is 367 cm³/mol. The van der Waals surface area contributed by atoms with Crippen LogP contribution in [-0.2, 0) is 10.2 Å². The van der Waals surface area contributed by atoms with Crippen molar-refractivity contribution >= 4 is 34.4 Å². The highest BCUT2D eigenvalue weighted by atomic mass is 16.5. The highest BCUT2D eigenvalue weighted by Gasteiger charge is 2.47. The van der Waals surface area contributed by atoms with Crippen LogP contribution in [0.3, 0.4) is 0 Å². The number of aromatic nitrogens is 8. The zero-order chi connectivity index (χ0) is 67.1. The second-order valence-corrected chi connectivity index (χ2v) is 24.8. The molecule has 5 aromatic carbocycles. The maximum Gasteiger partial charge on any atom is 0.167 e. The minimum Gasteiger partial charge on any atom is -0.505 e. The standard InChI is InChI=1S/C26H24N4O2.C25H25N5O3.C25H24N2O4/c1-15-14-21(29-32-15)17-10-12-19(13-11-17)30-16(2)24-23(25(28-27-24)18-8-9-18)26(30)20-6-4-5-7-22(20)31-3;1-15-22-21(24(28-27-22)25(2,3)14-31)23(17-7-5-6-8-19(17)32-4)30(15)20-10-9-16(13-26-20)18-11-12-33-29-18;1-15(2)24(28)22-23(19-7-5-6-8-21(19)30-4)27(16(3)25(22)29)18-11-9-17(10-12-18)20-13-14-31-26-20/h4-7,10-14,18,26H,2,8-9H2,1,3H3,(H,27,28);5-13,23,31H,1,14H2,2-4H3,(H,27,28);5-15,23,29H,3H2,1-2,4H3. The average Bonchev–Trinajstić information content (AvgIpc) is 1.58. The minimum absolute atomic E-state index is 0.0304. The zero-order valence-corrected chi connectivity index (χ0v) is 54.6. The van der Waals surface area contributed by atoms with Crippen LogP contribution in [0, 0.1) is 12.8 Å². The summed E-state index contributed by atoms with van der Waals surface area (Å²) in [6.45, 7) is 22.3. The number of anilines is 3. The lowest BCUT2D eigenvalue weighted by Gasteiger charge is -2.31. The number of aryl methyl sites for hydroxylation is 1. The van der Waals surface area contributed by atoms with E-state index < -0.39 is 11.5 Å². The van der Waals surface area contributed by atoms with Crippen molar-refractivity contribution in [3.8, 4) is 51.0 Å². The van der Waals surface area contributed by atoms with E-state index in [9.17, 15) is 15.0 Å². The zero-order valence-electron chi connectivity index (χ0n) is 54.6. The number of hydrogen-bond acceptors (Lipinski definition) is 18. The van der Waals surface area contributed by atoms with Gasteiger partial charge in [-0.3, -0.25) is 15.0 Å². The molecule has 4 N–H and O–H groups in total. The number of carbonyl (C=O) groups is 1. The Labute approximate surface area is 555 Å². The molecule has 0 bridgehead atoms. The number of rotatable bonds is 17. The first-order chi connectivity index (χ1) is 46.5. The van der Waals surface area contributed by atoms with Gasteiger partial charge < -0.3 is 52.7 Å². The molecule has 1 saturated carbocycles. The van der Waals surface area contributed by atoms with Crippen molar-refractivity contribution in [1.29, 1.82) is 0 Å². The number of Topliss-reactive ketones (excluding diaryl/α,β-unsaturated/α-hetero) is 1. The molecule has 96 heavy (non-hydrogen) atoms. The molecule has 15 rings (SSSR count). The quantitative estimate of drug-likeness (QED) is 0.0662. The molecule has 11 aromatic rings. The maximum absolute atomic E-state index is 13.1. The van der Waals surface area contributed by atoms with Crippen LogP contribution in [0.1, 0.15) is 121 Å². The molecule has 4 aliphatic rings. The van der Waals surface area contributed by atoms with Crippen LogP contribution in [-0.4, -0.2) is 84.8 Å². The van der Waals surface area contributed by atoms with E-state index in [-0.39, 0.29) is 36.2 Å². The van der Waals surface area contributed by atoms with Crippen LogP contribution in [0.15, 0.2) is 221 Å². The third-order valence-electron chi connectivity index (χ3n) is 18.0. The molecule has 20 nitrogen and oxygen atoms in total. The molecule has 0 amide bonds. The molecule has 9 heterocycles. The van der Waals surface area contributed by atoms with Crippen LogP contribution < -0.4 is 28.9 Å². The number of ether oxygens (including phenoxy) is 3. The second-order valence-electron chi connectivity index (χ2n) is 24.8. The number of nitrogens with zero attached hydrogens (tertiary/aromatic N) is 9. The fourth-order valence-electron chi connectivity index (χ4n) is 13.0. The summed E-state index contributed by atoms with van der Waals surface area (Å²) in [5, 5.41) is 48.9. The highest BCUT2D eigenvalue weighted by molar-refractivity contribution is 6.02. The van der Waals surface area contributed by atoms with Gasteiger partial charge in [-0.1, -0.05) is 142 Å². The summed E-state index contributed by atoms with van der Waals surface area (Å²) in [7, 11) is 4.97. The number of ketones is 1. The summed E-state index contributed by atoms with van der Waals surface area (Å²) >= 11 is 0. The Kier molecular flexibility index (Phi) is 17.2. The molecular formula is C76H73N11O9. The molecule has 3 unspecified atom stereocenters. The number of aliphatic hydroxyl groups is 2. The summed E-state index contributed by atoms with van der Waals surface area (Å²) in [6, 6.07) is 48.1. The molecule has 486 valence electrons. The van der Waals surface area contributed by atoms with Crippen LogP contribution in [0.25, 0.3) is 45.2 Å². The van der Waals surface area contributed by atoms with Gasteiger partial charge in [0, 0.05) is 109 Å². The van der Waals surface area contributed by atoms with Gasteiger partial charge in [0.05, 0.1) is 68.7 Å². The summed E-state index contributed by atoms with van der Waals surface area (Å²) in [4.78, 5) is 24.1. The van der Waals surface area contributed by atoms with Gasteiger partial charge in [-0.2, -0.15) is 10.2 Å². The number of aliphatic hydroxyl groups excluding tert-OH is 2. The lowest BCUT2D eigenvalue weighted by atomic mass is 9.84. The monoisotopic (exact) mass is 1280 g/mol. The molecule has 1 aliphatic carbocycles. The Morgan fingerprint density at radius 3 is 1.59 bits per heavy atom. The Morgan fingerprint density at radius 1 is 0.615 bits per heavy atom. The Morgan fingerprint density at radius 2 is 1.10 bits per heavy atom. The second kappa shape index (κ2) is 26.1. The van der Waals surface area contributed by atoms with E-state index in [4.69, 9.17) is 32.8 Å². The fraction of sp³-hybridized carbons (Fsp3) is 0.224. The maximum atomic E-state index is 13.1. The number of H-pyrrole nitrogens is 2. The Bertz CT molecular complexity index is 4690. The first-order valence-corrected chi connectivity index (χ1v) is 31.6. The third kappa shape index (κ3) is 11.5. The number of benzene rings is 5. The number of carbonyl (C=O) groups excluding carboxylic acids is 1. The molecule has 1 fully saturated rings. The van der Waals surface area contributed by atoms with E-state index in [2.05, 4.69) is 102 Å². The minimum atomic E-state index is -0.559. The number of methoxy groups -OCH3 is 3. The van der Waals surface area contributed by atoms with Crippen LogP contribution >= 0.6 is 0 Å². The highest BCUT2D eigenvalue weighted by Crippen LogP contribution is 2.55. The lowest BCUT2D eigenvalue weighted by Crippen LogP contribution is -2.28. The number of hydrogen-bond donors (Lipinski definition) is 4. The Balaban J connectivity index is 0.000000130.